The molecule has 0 aliphatic heterocycles. The van der Waals surface area contributed by atoms with E-state index in [1.807, 2.05) is 93.6 Å². The maximum Gasteiger partial charge on any atom is 0.336 e. The predicted octanol–water partition coefficient (Wildman–Crippen LogP) is 9.43. The van der Waals surface area contributed by atoms with Gasteiger partial charge in [0.15, 0.2) is 18.3 Å². The van der Waals surface area contributed by atoms with Gasteiger partial charge in [0, 0.05) is 30.0 Å². The Morgan fingerprint density at radius 1 is 0.857 bits per heavy atom. The number of benzene rings is 3. The molecule has 1 aromatic heterocycles. The molecule has 9 nitrogen and oxygen atoms in total. The second-order valence-corrected chi connectivity index (χ2v) is 11.8. The smallest absolute Gasteiger partial charge is 0.336 e. The van der Waals surface area contributed by atoms with Crippen LogP contribution in [0.3, 0.4) is 0 Å². The van der Waals surface area contributed by atoms with Crippen molar-refractivity contribution in [2.24, 2.45) is 0 Å². The van der Waals surface area contributed by atoms with Crippen LogP contribution in [0, 0.1) is 6.92 Å². The molecule has 0 aliphatic rings. The Labute approximate surface area is 295 Å². The molecule has 4 rings (SSSR count). The number of nitrogens with zero attached hydrogens (tertiary/aromatic N) is 1. The van der Waals surface area contributed by atoms with Crippen LogP contribution in [0.4, 0.5) is 0 Å². The van der Waals surface area contributed by atoms with E-state index in [9.17, 15) is 4.79 Å². The van der Waals surface area contributed by atoms with Gasteiger partial charge < -0.3 is 28.6 Å². The molecule has 0 spiro atoms. The summed E-state index contributed by atoms with van der Waals surface area (Å²) < 4.78 is 34.8. The van der Waals surface area contributed by atoms with Crippen molar-refractivity contribution in [1.29, 1.82) is 0 Å². The first-order valence-electron chi connectivity index (χ1n) is 15.7. The molecule has 11 heteroatoms. The van der Waals surface area contributed by atoms with Gasteiger partial charge in [0.05, 0.1) is 44.8 Å². The number of hydrogen-bond acceptors (Lipinski definition) is 8. The van der Waals surface area contributed by atoms with Gasteiger partial charge in [0.2, 0.25) is 5.91 Å². The third-order valence-electron chi connectivity index (χ3n) is 6.78. The van der Waals surface area contributed by atoms with Crippen LogP contribution in [0.1, 0.15) is 54.8 Å². The highest BCUT2D eigenvalue weighted by Gasteiger charge is 2.21. The van der Waals surface area contributed by atoms with E-state index >= 15 is 0 Å². The molecule has 1 atom stereocenters. The number of pyridine rings is 1. The van der Waals surface area contributed by atoms with Crippen molar-refractivity contribution < 1.29 is 32.6 Å². The van der Waals surface area contributed by atoms with E-state index in [4.69, 9.17) is 39.4 Å². The van der Waals surface area contributed by atoms with E-state index in [-0.39, 0.29) is 12.7 Å². The molecule has 1 heterocycles. The first-order valence-corrected chi connectivity index (χ1v) is 17.2. The second kappa shape index (κ2) is 21.7. The van der Waals surface area contributed by atoms with Crippen LogP contribution >= 0.6 is 20.2 Å². The first-order chi connectivity index (χ1) is 23.9. The van der Waals surface area contributed by atoms with Gasteiger partial charge >= 0.3 is 8.60 Å². The molecule has 1 N–H and O–H groups in total. The highest BCUT2D eigenvalue weighted by Crippen LogP contribution is 2.42. The quantitative estimate of drug-likeness (QED) is 0.0381. The monoisotopic (exact) mass is 706 g/mol. The minimum Gasteiger partial charge on any atom is -0.493 e. The predicted molar refractivity (Wildman–Crippen MR) is 195 cm³/mol. The second-order valence-electron chi connectivity index (χ2n) is 10.1. The summed E-state index contributed by atoms with van der Waals surface area (Å²) in [6, 6.07) is 27.9. The molecule has 3 aromatic carbocycles. The lowest BCUT2D eigenvalue weighted by Gasteiger charge is -2.22. The normalized spacial score (nSPS) is 12.1. The van der Waals surface area contributed by atoms with E-state index in [0.717, 1.165) is 22.4 Å². The van der Waals surface area contributed by atoms with E-state index < -0.39 is 14.6 Å². The van der Waals surface area contributed by atoms with Gasteiger partial charge in [-0.1, -0.05) is 98.2 Å². The van der Waals surface area contributed by atoms with Crippen molar-refractivity contribution in [3.05, 3.63) is 143 Å². The zero-order valence-electron chi connectivity index (χ0n) is 28.7. The third-order valence-corrected chi connectivity index (χ3v) is 8.09. The van der Waals surface area contributed by atoms with Crippen molar-refractivity contribution in [1.82, 2.24) is 10.3 Å². The van der Waals surface area contributed by atoms with Gasteiger partial charge in [-0.15, -0.1) is 0 Å². The average Bonchev–Trinajstić information content (AvgIpc) is 3.14. The molecule has 0 radical (unpaired) electrons. The molecule has 0 bridgehead atoms. The molecule has 260 valence electrons. The largest absolute Gasteiger partial charge is 0.493 e. The Morgan fingerprint density at radius 3 is 2.02 bits per heavy atom. The zero-order valence-corrected chi connectivity index (χ0v) is 30.4. The van der Waals surface area contributed by atoms with E-state index in [2.05, 4.69) is 10.3 Å². The van der Waals surface area contributed by atoms with E-state index in [0.29, 0.717) is 40.9 Å². The molecule has 4 aromatic rings. The SMILES string of the molecule is CC.COc1ccc(C(NC(C)=O)C(=C\OCOP(OCc2ccccc2)OCc2ccccc2)/C=C(/Cl)c2cccnc2C)cc1OC. The van der Waals surface area contributed by atoms with Gasteiger partial charge in [0.1, 0.15) is 0 Å². The highest BCUT2D eigenvalue weighted by molar-refractivity contribution is 7.41. The Kier molecular flexibility index (Phi) is 17.3. The summed E-state index contributed by atoms with van der Waals surface area (Å²) in [6.45, 7) is 7.71. The Morgan fingerprint density at radius 2 is 1.47 bits per heavy atom. The summed E-state index contributed by atoms with van der Waals surface area (Å²) in [5, 5.41) is 3.40. The zero-order chi connectivity index (χ0) is 35.4. The molecular weight excluding hydrogens is 663 g/mol. The average molecular weight is 707 g/mol. The third kappa shape index (κ3) is 13.0. The summed E-state index contributed by atoms with van der Waals surface area (Å²) in [6.07, 6.45) is 4.92. The Balaban J connectivity index is 0.00000319. The molecule has 0 saturated heterocycles. The minimum atomic E-state index is -1.79. The standard InChI is InChI=1S/C36H38ClN2O7P.C2H6/c1-26-32(16-11-19-38-26)33(37)20-31(36(39-27(2)40)30-17-18-34(41-3)35(21-30)42-4)24-43-25-46-47(44-22-28-12-7-5-8-13-28)45-23-29-14-9-6-10-15-29;1-2/h5-21,24,36H,22-23,25H2,1-4H3,(H,39,40);1-2H3/b31-24-,33-20+;. The number of carbonyl (C=O) groups is 1. The van der Waals surface area contributed by atoms with Gasteiger partial charge in [-0.05, 0) is 47.9 Å². The summed E-state index contributed by atoms with van der Waals surface area (Å²) in [4.78, 5) is 16.8. The van der Waals surface area contributed by atoms with Crippen molar-refractivity contribution in [2.75, 3.05) is 21.0 Å². The van der Waals surface area contributed by atoms with Crippen LogP contribution in [0.5, 0.6) is 11.5 Å². The van der Waals surface area contributed by atoms with Gasteiger partial charge in [-0.25, -0.2) is 0 Å². The number of nitrogens with one attached hydrogen (secondary N) is 1. The number of rotatable bonds is 17. The number of methoxy groups -OCH3 is 2. The molecule has 1 unspecified atom stereocenters. The number of ether oxygens (including phenoxy) is 3. The van der Waals surface area contributed by atoms with Crippen LogP contribution in [0.15, 0.2) is 115 Å². The Hall–Kier alpha value is -4.24. The molecule has 0 fully saturated rings. The fourth-order valence-corrected chi connectivity index (χ4v) is 5.66. The fraction of sp³-hybridized carbons (Fsp3) is 0.263. The van der Waals surface area contributed by atoms with Crippen molar-refractivity contribution in [2.45, 2.75) is 47.0 Å². The summed E-state index contributed by atoms with van der Waals surface area (Å²) in [5.41, 5.74) is 4.68. The van der Waals surface area contributed by atoms with E-state index in [1.165, 1.54) is 13.2 Å². The lowest BCUT2D eigenvalue weighted by atomic mass is 9.97. The summed E-state index contributed by atoms with van der Waals surface area (Å²) in [5.74, 6) is 0.784. The number of carbonyl (C=O) groups excluding carboxylic acids is 1. The maximum atomic E-state index is 12.5. The fourth-order valence-electron chi connectivity index (χ4n) is 4.46. The lowest BCUT2D eigenvalue weighted by Crippen LogP contribution is -2.27. The van der Waals surface area contributed by atoms with Crippen LogP contribution in [0.25, 0.3) is 5.03 Å². The van der Waals surface area contributed by atoms with Crippen molar-refractivity contribution in [3.8, 4) is 11.5 Å². The number of hydrogen-bond donors (Lipinski definition) is 1. The number of amides is 1. The topological polar surface area (TPSA) is 97.4 Å². The van der Waals surface area contributed by atoms with Crippen LogP contribution in [0.2, 0.25) is 0 Å². The van der Waals surface area contributed by atoms with Crippen molar-refractivity contribution >= 4 is 31.1 Å². The van der Waals surface area contributed by atoms with Crippen LogP contribution in [-0.4, -0.2) is 31.9 Å². The molecule has 1 amide bonds. The van der Waals surface area contributed by atoms with Crippen LogP contribution in [-0.2, 0) is 36.3 Å². The minimum absolute atomic E-state index is 0.200. The maximum absolute atomic E-state index is 12.5. The lowest BCUT2D eigenvalue weighted by molar-refractivity contribution is -0.119. The number of halogens is 1. The number of aromatic nitrogens is 1. The van der Waals surface area contributed by atoms with Gasteiger partial charge in [-0.2, -0.15) is 0 Å². The van der Waals surface area contributed by atoms with Gasteiger partial charge in [-0.3, -0.25) is 14.3 Å². The summed E-state index contributed by atoms with van der Waals surface area (Å²) >= 11 is 6.84. The molecule has 0 aliphatic carbocycles. The van der Waals surface area contributed by atoms with E-state index in [1.54, 1.807) is 44.7 Å². The van der Waals surface area contributed by atoms with Gasteiger partial charge in [0.25, 0.3) is 0 Å². The number of aryl methyl sites for hydroxylation is 1. The molecule has 49 heavy (non-hydrogen) atoms. The highest BCUT2D eigenvalue weighted by atomic mass is 35.5. The first kappa shape index (κ1) is 39.2. The summed E-state index contributed by atoms with van der Waals surface area (Å²) in [7, 11) is 1.32. The Bertz CT molecular complexity index is 1590. The molecular formula is C38H44ClN2O7P. The molecule has 0 saturated carbocycles. The van der Waals surface area contributed by atoms with Crippen LogP contribution < -0.4 is 14.8 Å². The van der Waals surface area contributed by atoms with Crippen molar-refractivity contribution in [3.63, 3.8) is 0 Å².